The first-order valence-electron chi connectivity index (χ1n) is 9.63. The first-order chi connectivity index (χ1) is 15.1. The molecule has 0 N–H and O–H groups in total. The van der Waals surface area contributed by atoms with E-state index in [0.29, 0.717) is 54.4 Å². The maximum absolute atomic E-state index is 12.8. The van der Waals surface area contributed by atoms with E-state index in [9.17, 15) is 9.59 Å². The summed E-state index contributed by atoms with van der Waals surface area (Å²) in [6, 6.07) is 7.24. The Morgan fingerprint density at radius 2 is 1.94 bits per heavy atom. The number of piperazine rings is 1. The molecule has 3 aromatic heterocycles. The number of benzene rings is 1. The highest BCUT2D eigenvalue weighted by molar-refractivity contribution is 7.15. The van der Waals surface area contributed by atoms with E-state index < -0.39 is 0 Å². The maximum Gasteiger partial charge on any atom is 0.271 e. The van der Waals surface area contributed by atoms with Crippen LogP contribution in [0.3, 0.4) is 0 Å². The Balaban J connectivity index is 1.21. The molecule has 0 spiro atoms. The first-order valence-corrected chi connectivity index (χ1v) is 10.9. The van der Waals surface area contributed by atoms with E-state index in [1.165, 1.54) is 21.9 Å². The number of fused-ring (bicyclic) bond motifs is 1. The van der Waals surface area contributed by atoms with Crippen LogP contribution >= 0.6 is 22.9 Å². The quantitative estimate of drug-likeness (QED) is 0.465. The van der Waals surface area contributed by atoms with Gasteiger partial charge >= 0.3 is 0 Å². The molecule has 1 saturated heterocycles. The Hall–Kier alpha value is -3.08. The van der Waals surface area contributed by atoms with Gasteiger partial charge in [-0.25, -0.2) is 4.98 Å². The number of nitrogens with zero attached hydrogens (tertiary/aromatic N) is 6. The van der Waals surface area contributed by atoms with E-state index in [1.54, 1.807) is 28.6 Å². The van der Waals surface area contributed by atoms with Gasteiger partial charge in [0.15, 0.2) is 4.96 Å². The minimum Gasteiger partial charge on any atom is -0.338 e. The molecular formula is C20H17ClN6O3S. The number of thiazole rings is 1. The van der Waals surface area contributed by atoms with Gasteiger partial charge in [-0.1, -0.05) is 16.8 Å². The molecule has 0 unspecified atom stereocenters. The van der Waals surface area contributed by atoms with Crippen LogP contribution in [0.2, 0.25) is 5.02 Å². The number of rotatable bonds is 4. The van der Waals surface area contributed by atoms with Gasteiger partial charge < -0.3 is 9.42 Å². The van der Waals surface area contributed by atoms with Crippen LogP contribution in [0.25, 0.3) is 16.3 Å². The van der Waals surface area contributed by atoms with Crippen LogP contribution in [0, 0.1) is 0 Å². The minimum atomic E-state index is -0.334. The Bertz CT molecular complexity index is 1290. The number of aromatic nitrogens is 4. The smallest absolute Gasteiger partial charge is 0.271 e. The maximum atomic E-state index is 12.8. The second-order valence-corrected chi connectivity index (χ2v) is 8.43. The molecule has 1 aliphatic heterocycles. The van der Waals surface area contributed by atoms with Crippen molar-refractivity contribution in [3.05, 3.63) is 68.9 Å². The van der Waals surface area contributed by atoms with Crippen molar-refractivity contribution in [2.75, 3.05) is 26.2 Å². The first kappa shape index (κ1) is 19.9. The Kier molecular flexibility index (Phi) is 5.26. The second-order valence-electron chi connectivity index (χ2n) is 7.12. The summed E-state index contributed by atoms with van der Waals surface area (Å²) in [6.07, 6.45) is 3.01. The molecule has 1 aromatic carbocycles. The molecule has 4 heterocycles. The van der Waals surface area contributed by atoms with Crippen LogP contribution in [0.5, 0.6) is 0 Å². The molecule has 0 atom stereocenters. The Morgan fingerprint density at radius 1 is 1.16 bits per heavy atom. The summed E-state index contributed by atoms with van der Waals surface area (Å²) in [5.41, 5.74) is 0.588. The van der Waals surface area contributed by atoms with Gasteiger partial charge in [-0.15, -0.1) is 11.3 Å². The van der Waals surface area contributed by atoms with Crippen LogP contribution in [0.15, 0.2) is 51.4 Å². The zero-order valence-electron chi connectivity index (χ0n) is 16.3. The second kappa shape index (κ2) is 8.22. The average Bonchev–Trinajstić information content (AvgIpc) is 3.45. The van der Waals surface area contributed by atoms with Gasteiger partial charge in [0.05, 0.1) is 6.54 Å². The third-order valence-electron chi connectivity index (χ3n) is 5.16. The van der Waals surface area contributed by atoms with E-state index in [1.807, 2.05) is 12.1 Å². The van der Waals surface area contributed by atoms with Crippen molar-refractivity contribution in [1.29, 1.82) is 0 Å². The summed E-state index contributed by atoms with van der Waals surface area (Å²) < 4.78 is 6.78. The van der Waals surface area contributed by atoms with Crippen molar-refractivity contribution in [2.24, 2.45) is 0 Å². The lowest BCUT2D eigenvalue weighted by Gasteiger charge is -2.33. The van der Waals surface area contributed by atoms with Crippen LogP contribution in [-0.4, -0.2) is 61.4 Å². The van der Waals surface area contributed by atoms with Crippen LogP contribution in [0.4, 0.5) is 0 Å². The minimum absolute atomic E-state index is 0.0915. The topological polar surface area (TPSA) is 96.8 Å². The predicted octanol–water partition coefficient (Wildman–Crippen LogP) is 2.42. The number of amides is 1. The van der Waals surface area contributed by atoms with E-state index in [2.05, 4.69) is 20.0 Å². The highest BCUT2D eigenvalue weighted by Crippen LogP contribution is 2.19. The van der Waals surface area contributed by atoms with Crippen molar-refractivity contribution < 1.29 is 9.32 Å². The number of carbonyl (C=O) groups is 1. The standard InChI is InChI=1S/C20H17ClN6O3S/c21-14-3-1-13(2-4-14)17-23-16(30-24-17)12-25-5-7-26(8-6-25)18(28)15-11-22-20-27(19(15)29)9-10-31-20/h1-4,9-11H,5-8,12H2. The number of halogens is 1. The van der Waals surface area contributed by atoms with Gasteiger partial charge in [0.1, 0.15) is 5.56 Å². The largest absolute Gasteiger partial charge is 0.338 e. The molecule has 31 heavy (non-hydrogen) atoms. The average molecular weight is 457 g/mol. The van der Waals surface area contributed by atoms with Gasteiger partial charge in [0.2, 0.25) is 11.7 Å². The molecular weight excluding hydrogens is 440 g/mol. The van der Waals surface area contributed by atoms with Crippen molar-refractivity contribution in [3.8, 4) is 11.4 Å². The third-order valence-corrected chi connectivity index (χ3v) is 6.18. The highest BCUT2D eigenvalue weighted by Gasteiger charge is 2.26. The monoisotopic (exact) mass is 456 g/mol. The molecule has 0 bridgehead atoms. The molecule has 1 amide bonds. The summed E-state index contributed by atoms with van der Waals surface area (Å²) in [7, 11) is 0. The molecule has 158 valence electrons. The van der Waals surface area contributed by atoms with E-state index in [0.717, 1.165) is 5.56 Å². The molecule has 0 saturated carbocycles. The molecule has 0 radical (unpaired) electrons. The van der Waals surface area contributed by atoms with Gasteiger partial charge in [-0.05, 0) is 24.3 Å². The van der Waals surface area contributed by atoms with Gasteiger partial charge in [-0.2, -0.15) is 4.98 Å². The fourth-order valence-corrected chi connectivity index (χ4v) is 4.28. The normalized spacial score (nSPS) is 14.9. The zero-order chi connectivity index (χ0) is 21.4. The van der Waals surface area contributed by atoms with Crippen LogP contribution < -0.4 is 5.56 Å². The Morgan fingerprint density at radius 3 is 2.71 bits per heavy atom. The van der Waals surface area contributed by atoms with Crippen molar-refractivity contribution in [2.45, 2.75) is 6.54 Å². The summed E-state index contributed by atoms with van der Waals surface area (Å²) in [6.45, 7) is 2.78. The van der Waals surface area contributed by atoms with Crippen LogP contribution in [-0.2, 0) is 6.54 Å². The van der Waals surface area contributed by atoms with Crippen molar-refractivity contribution in [3.63, 3.8) is 0 Å². The SMILES string of the molecule is O=C(c1cnc2sccn2c1=O)N1CCN(Cc2nc(-c3ccc(Cl)cc3)no2)CC1. The predicted molar refractivity (Wildman–Crippen MR) is 115 cm³/mol. The van der Waals surface area contributed by atoms with E-state index in [4.69, 9.17) is 16.1 Å². The highest BCUT2D eigenvalue weighted by atomic mass is 35.5. The van der Waals surface area contributed by atoms with Crippen LogP contribution in [0.1, 0.15) is 16.2 Å². The zero-order valence-corrected chi connectivity index (χ0v) is 17.8. The van der Waals surface area contributed by atoms with Gasteiger partial charge in [-0.3, -0.25) is 18.9 Å². The fraction of sp³-hybridized carbons (Fsp3) is 0.250. The number of hydrogen-bond donors (Lipinski definition) is 0. The van der Waals surface area contributed by atoms with Crippen molar-refractivity contribution >= 4 is 33.8 Å². The number of carbonyl (C=O) groups excluding carboxylic acids is 1. The summed E-state index contributed by atoms with van der Waals surface area (Å²) >= 11 is 7.27. The van der Waals surface area contributed by atoms with E-state index in [-0.39, 0.29) is 17.0 Å². The summed E-state index contributed by atoms with van der Waals surface area (Å²) in [4.78, 5) is 38.4. The van der Waals surface area contributed by atoms with E-state index >= 15 is 0 Å². The lowest BCUT2D eigenvalue weighted by atomic mass is 10.2. The van der Waals surface area contributed by atoms with Crippen molar-refractivity contribution in [1.82, 2.24) is 29.3 Å². The molecule has 11 heteroatoms. The molecule has 4 aromatic rings. The molecule has 1 fully saturated rings. The molecule has 9 nitrogen and oxygen atoms in total. The molecule has 0 aliphatic carbocycles. The number of hydrogen-bond acceptors (Lipinski definition) is 8. The fourth-order valence-electron chi connectivity index (χ4n) is 3.48. The Labute approximate surface area is 185 Å². The lowest BCUT2D eigenvalue weighted by Crippen LogP contribution is -2.49. The summed E-state index contributed by atoms with van der Waals surface area (Å²) in [5.74, 6) is 0.730. The molecule has 5 rings (SSSR count). The van der Waals surface area contributed by atoms with Gasteiger partial charge in [0.25, 0.3) is 11.5 Å². The lowest BCUT2D eigenvalue weighted by molar-refractivity contribution is 0.0613. The molecule has 1 aliphatic rings. The summed E-state index contributed by atoms with van der Waals surface area (Å²) in [5, 5.41) is 6.45. The van der Waals surface area contributed by atoms with Gasteiger partial charge in [0, 0.05) is 54.5 Å². The third kappa shape index (κ3) is 3.97.